The molecule has 0 bridgehead atoms. The summed E-state index contributed by atoms with van der Waals surface area (Å²) in [5, 5.41) is 21.3. The van der Waals surface area contributed by atoms with Crippen molar-refractivity contribution in [3.63, 3.8) is 0 Å². The number of hydrogen-bond acceptors (Lipinski definition) is 8. The Bertz CT molecular complexity index is 1030. The second-order valence-corrected chi connectivity index (χ2v) is 5.89. The number of nitro groups is 1. The highest BCUT2D eigenvalue weighted by Gasteiger charge is 2.20. The molecule has 0 amide bonds. The Morgan fingerprint density at radius 1 is 1.29 bits per heavy atom. The summed E-state index contributed by atoms with van der Waals surface area (Å²) in [6.07, 6.45) is 6.65. The van der Waals surface area contributed by atoms with Gasteiger partial charge in [-0.15, -0.1) is 5.10 Å². The highest BCUT2D eigenvalue weighted by atomic mass is 16.6. The number of nitrogens with one attached hydrogen (secondary N) is 2. The molecule has 1 aliphatic rings. The molecule has 10 nitrogen and oxygen atoms in total. The molecule has 1 aromatic carbocycles. The Morgan fingerprint density at radius 3 is 2.89 bits per heavy atom. The molecule has 0 aliphatic carbocycles. The van der Waals surface area contributed by atoms with E-state index in [9.17, 15) is 10.1 Å². The van der Waals surface area contributed by atoms with Crippen LogP contribution in [-0.2, 0) is 0 Å². The molecule has 2 aromatic heterocycles. The lowest BCUT2D eigenvalue weighted by Gasteiger charge is -2.19. The van der Waals surface area contributed by atoms with Crippen LogP contribution < -0.4 is 10.6 Å². The molecule has 28 heavy (non-hydrogen) atoms. The SMILES string of the molecule is O=[N+]([O-])c1ccc(N=CCNc2nc3n(n2)C(c2ccccc2)C=CN3)nc1. The number of nitrogens with zero attached hydrogens (tertiary/aromatic N) is 6. The van der Waals surface area contributed by atoms with E-state index in [0.29, 0.717) is 24.3 Å². The number of aromatic nitrogens is 4. The van der Waals surface area contributed by atoms with Gasteiger partial charge in [0.1, 0.15) is 12.2 Å². The Hall–Kier alpha value is -4.08. The average molecular weight is 376 g/mol. The Labute approximate surface area is 159 Å². The number of fused-ring (bicyclic) bond motifs is 1. The quantitative estimate of drug-likeness (QED) is 0.385. The van der Waals surface area contributed by atoms with Crippen LogP contribution in [0, 0.1) is 10.1 Å². The maximum absolute atomic E-state index is 10.6. The van der Waals surface area contributed by atoms with Crippen LogP contribution in [0.15, 0.2) is 65.9 Å². The average Bonchev–Trinajstić information content (AvgIpc) is 3.15. The van der Waals surface area contributed by atoms with Crippen molar-refractivity contribution in [1.29, 1.82) is 0 Å². The highest BCUT2D eigenvalue weighted by molar-refractivity contribution is 5.66. The van der Waals surface area contributed by atoms with E-state index < -0.39 is 4.92 Å². The van der Waals surface area contributed by atoms with E-state index in [4.69, 9.17) is 0 Å². The summed E-state index contributed by atoms with van der Waals surface area (Å²) in [4.78, 5) is 22.6. The van der Waals surface area contributed by atoms with Crippen LogP contribution >= 0.6 is 0 Å². The van der Waals surface area contributed by atoms with Crippen LogP contribution in [0.3, 0.4) is 0 Å². The summed E-state index contributed by atoms with van der Waals surface area (Å²) in [6.45, 7) is 0.381. The molecule has 0 fully saturated rings. The number of rotatable bonds is 6. The van der Waals surface area contributed by atoms with Crippen LogP contribution in [0.5, 0.6) is 0 Å². The van der Waals surface area contributed by atoms with E-state index >= 15 is 0 Å². The third-order valence-electron chi connectivity index (χ3n) is 4.04. The van der Waals surface area contributed by atoms with Crippen molar-refractivity contribution in [3.8, 4) is 0 Å². The smallest absolute Gasteiger partial charge is 0.287 e. The molecule has 0 spiro atoms. The summed E-state index contributed by atoms with van der Waals surface area (Å²) >= 11 is 0. The van der Waals surface area contributed by atoms with E-state index in [0.717, 1.165) is 5.56 Å². The molecular formula is C18H16N8O2. The molecule has 3 heterocycles. The fourth-order valence-electron chi connectivity index (χ4n) is 2.73. The predicted octanol–water partition coefficient (Wildman–Crippen LogP) is 2.92. The van der Waals surface area contributed by atoms with Gasteiger partial charge >= 0.3 is 0 Å². The number of aliphatic imine (C=N–C) groups is 1. The van der Waals surface area contributed by atoms with Crippen molar-refractivity contribution in [3.05, 3.63) is 76.6 Å². The minimum absolute atomic E-state index is 0.0292. The lowest BCUT2D eigenvalue weighted by Crippen LogP contribution is -2.16. The van der Waals surface area contributed by atoms with Crippen molar-refractivity contribution in [2.45, 2.75) is 6.04 Å². The minimum atomic E-state index is -0.500. The zero-order valence-electron chi connectivity index (χ0n) is 14.6. The Balaban J connectivity index is 1.40. The zero-order chi connectivity index (χ0) is 19.3. The second kappa shape index (κ2) is 7.66. The molecule has 0 saturated heterocycles. The molecule has 1 aliphatic heterocycles. The van der Waals surface area contributed by atoms with E-state index in [1.54, 1.807) is 6.21 Å². The fourth-order valence-corrected chi connectivity index (χ4v) is 2.73. The van der Waals surface area contributed by atoms with Gasteiger partial charge in [-0.2, -0.15) is 4.98 Å². The third-order valence-corrected chi connectivity index (χ3v) is 4.04. The van der Waals surface area contributed by atoms with Gasteiger partial charge in [-0.1, -0.05) is 30.3 Å². The second-order valence-electron chi connectivity index (χ2n) is 5.89. The summed E-state index contributed by atoms with van der Waals surface area (Å²) in [6, 6.07) is 12.9. The first-order valence-corrected chi connectivity index (χ1v) is 8.52. The van der Waals surface area contributed by atoms with E-state index in [1.165, 1.54) is 18.3 Å². The first kappa shape index (κ1) is 17.3. The van der Waals surface area contributed by atoms with Crippen LogP contribution in [0.4, 0.5) is 23.4 Å². The summed E-state index contributed by atoms with van der Waals surface area (Å²) in [5.74, 6) is 1.50. The largest absolute Gasteiger partial charge is 0.348 e. The van der Waals surface area contributed by atoms with Gasteiger partial charge in [0.15, 0.2) is 5.82 Å². The van der Waals surface area contributed by atoms with Gasteiger partial charge in [0.25, 0.3) is 5.69 Å². The summed E-state index contributed by atoms with van der Waals surface area (Å²) in [7, 11) is 0. The first-order chi connectivity index (χ1) is 13.7. The minimum Gasteiger partial charge on any atom is -0.348 e. The maximum atomic E-state index is 10.6. The van der Waals surface area contributed by atoms with Gasteiger partial charge in [0.05, 0.1) is 11.5 Å². The first-order valence-electron chi connectivity index (χ1n) is 8.52. The molecule has 2 N–H and O–H groups in total. The number of hydrogen-bond donors (Lipinski definition) is 2. The van der Waals surface area contributed by atoms with Crippen molar-refractivity contribution in [1.82, 2.24) is 19.7 Å². The van der Waals surface area contributed by atoms with Gasteiger partial charge in [0, 0.05) is 18.5 Å². The van der Waals surface area contributed by atoms with Gasteiger partial charge < -0.3 is 10.6 Å². The Kier molecular flexibility index (Phi) is 4.74. The van der Waals surface area contributed by atoms with Crippen LogP contribution in [0.25, 0.3) is 0 Å². The lowest BCUT2D eigenvalue weighted by molar-refractivity contribution is -0.385. The zero-order valence-corrected chi connectivity index (χ0v) is 14.6. The summed E-state index contributed by atoms with van der Waals surface area (Å²) < 4.78 is 1.81. The molecule has 1 unspecified atom stereocenters. The van der Waals surface area contributed by atoms with Crippen molar-refractivity contribution in [2.24, 2.45) is 4.99 Å². The molecule has 3 aromatic rings. The highest BCUT2D eigenvalue weighted by Crippen LogP contribution is 2.26. The fraction of sp³-hybridized carbons (Fsp3) is 0.111. The molecule has 0 saturated carbocycles. The lowest BCUT2D eigenvalue weighted by atomic mass is 10.1. The molecule has 0 radical (unpaired) electrons. The standard InChI is InChI=1S/C18H16N8O2/c27-26(28)14-6-7-16(22-12-14)19-10-11-20-17-23-18-21-9-8-15(25(18)24-17)13-4-2-1-3-5-13/h1-10,12,15H,11H2,(H2,20,21,23,24). The van der Waals surface area contributed by atoms with Gasteiger partial charge in [-0.3, -0.25) is 10.1 Å². The number of pyridine rings is 1. The van der Waals surface area contributed by atoms with E-state index in [2.05, 4.69) is 30.7 Å². The molecule has 1 atom stereocenters. The molecule has 10 heteroatoms. The number of anilines is 2. The topological polar surface area (TPSA) is 123 Å². The van der Waals surface area contributed by atoms with Crippen LogP contribution in [0.1, 0.15) is 11.6 Å². The third kappa shape index (κ3) is 3.70. The monoisotopic (exact) mass is 376 g/mol. The van der Waals surface area contributed by atoms with Crippen LogP contribution in [0.2, 0.25) is 0 Å². The molecular weight excluding hydrogens is 360 g/mol. The summed E-state index contributed by atoms with van der Waals surface area (Å²) in [5.41, 5.74) is 1.04. The molecule has 140 valence electrons. The van der Waals surface area contributed by atoms with Crippen molar-refractivity contribution >= 4 is 29.6 Å². The van der Waals surface area contributed by atoms with Crippen LogP contribution in [-0.4, -0.2) is 37.4 Å². The van der Waals surface area contributed by atoms with Crippen molar-refractivity contribution in [2.75, 3.05) is 17.2 Å². The Morgan fingerprint density at radius 2 is 2.14 bits per heavy atom. The number of benzene rings is 1. The normalized spacial score (nSPS) is 15.2. The van der Waals surface area contributed by atoms with Gasteiger partial charge in [-0.05, 0) is 17.7 Å². The van der Waals surface area contributed by atoms with Gasteiger partial charge in [0.2, 0.25) is 11.9 Å². The molecule has 4 rings (SSSR count). The van der Waals surface area contributed by atoms with E-state index in [1.807, 2.05) is 47.3 Å². The number of allylic oxidation sites excluding steroid dienone is 1. The van der Waals surface area contributed by atoms with Crippen molar-refractivity contribution < 1.29 is 4.92 Å². The maximum Gasteiger partial charge on any atom is 0.287 e. The van der Waals surface area contributed by atoms with Gasteiger partial charge in [-0.25, -0.2) is 14.7 Å². The predicted molar refractivity (Wildman–Crippen MR) is 105 cm³/mol. The van der Waals surface area contributed by atoms with E-state index in [-0.39, 0.29) is 11.7 Å².